The molecule has 0 fully saturated rings. The molecule has 104 valence electrons. The van der Waals surface area contributed by atoms with Gasteiger partial charge in [0, 0.05) is 15.7 Å². The maximum atomic E-state index is 12.3. The molecule has 0 bridgehead atoms. The van der Waals surface area contributed by atoms with Crippen LogP contribution in [-0.4, -0.2) is 12.5 Å². The maximum Gasteiger partial charge on any atom is 0.255 e. The lowest BCUT2D eigenvalue weighted by Crippen LogP contribution is -2.15. The summed E-state index contributed by atoms with van der Waals surface area (Å²) < 4.78 is 0.743. The summed E-state index contributed by atoms with van der Waals surface area (Å²) in [5.41, 5.74) is 7.84. The van der Waals surface area contributed by atoms with Crippen LogP contribution < -0.4 is 11.1 Å². The van der Waals surface area contributed by atoms with E-state index in [1.807, 2.05) is 18.2 Å². The van der Waals surface area contributed by atoms with Crippen LogP contribution in [-0.2, 0) is 6.42 Å². The van der Waals surface area contributed by atoms with Crippen LogP contribution in [0.5, 0.6) is 0 Å². The third kappa shape index (κ3) is 3.60. The summed E-state index contributed by atoms with van der Waals surface area (Å²) in [5.74, 6) is -0.150. The molecule has 2 aromatic rings. The number of carbonyl (C=O) groups excluding carboxylic acids is 1. The summed E-state index contributed by atoms with van der Waals surface area (Å²) in [7, 11) is 0. The molecule has 1 amide bonds. The molecule has 5 heteroatoms. The van der Waals surface area contributed by atoms with Crippen molar-refractivity contribution < 1.29 is 4.79 Å². The second-order valence-corrected chi connectivity index (χ2v) is 5.54. The predicted molar refractivity (Wildman–Crippen MR) is 86.3 cm³/mol. The number of amides is 1. The Kier molecular flexibility index (Phi) is 5.17. The van der Waals surface area contributed by atoms with E-state index in [2.05, 4.69) is 21.2 Å². The van der Waals surface area contributed by atoms with E-state index < -0.39 is 0 Å². The zero-order chi connectivity index (χ0) is 14.5. The highest BCUT2D eigenvalue weighted by Gasteiger charge is 2.11. The van der Waals surface area contributed by atoms with Crippen LogP contribution in [0.4, 0.5) is 5.69 Å². The Balaban J connectivity index is 2.21. The van der Waals surface area contributed by atoms with E-state index in [0.717, 1.165) is 10.0 Å². The minimum atomic E-state index is -0.150. The van der Waals surface area contributed by atoms with Gasteiger partial charge < -0.3 is 11.1 Å². The second-order valence-electron chi connectivity index (χ2n) is 4.28. The molecule has 0 spiro atoms. The fourth-order valence-corrected chi connectivity index (χ4v) is 2.38. The summed E-state index contributed by atoms with van der Waals surface area (Å²) in [6.07, 6.45) is 0.675. The van der Waals surface area contributed by atoms with Crippen molar-refractivity contribution in [3.63, 3.8) is 0 Å². The summed E-state index contributed by atoms with van der Waals surface area (Å²) in [5, 5.41) is 3.46. The molecule has 0 saturated carbocycles. The Morgan fingerprint density at radius 3 is 2.70 bits per heavy atom. The highest BCUT2D eigenvalue weighted by atomic mass is 79.9. The summed E-state index contributed by atoms with van der Waals surface area (Å²) >= 11 is 9.26. The molecule has 2 aromatic carbocycles. The van der Waals surface area contributed by atoms with Gasteiger partial charge in [-0.05, 0) is 58.7 Å². The molecule has 0 unspecified atom stereocenters. The van der Waals surface area contributed by atoms with Crippen LogP contribution >= 0.6 is 27.5 Å². The third-order valence-corrected chi connectivity index (χ3v) is 4.07. The van der Waals surface area contributed by atoms with Crippen molar-refractivity contribution in [2.45, 2.75) is 6.42 Å². The number of benzene rings is 2. The first-order valence-corrected chi connectivity index (χ1v) is 7.33. The molecule has 0 saturated heterocycles. The van der Waals surface area contributed by atoms with Crippen LogP contribution in [0.25, 0.3) is 0 Å². The van der Waals surface area contributed by atoms with Crippen LogP contribution in [0.15, 0.2) is 46.9 Å². The lowest BCUT2D eigenvalue weighted by molar-refractivity contribution is 0.102. The van der Waals surface area contributed by atoms with E-state index in [1.54, 1.807) is 24.3 Å². The van der Waals surface area contributed by atoms with E-state index in [1.165, 1.54) is 0 Å². The zero-order valence-corrected chi connectivity index (χ0v) is 13.0. The van der Waals surface area contributed by atoms with E-state index in [-0.39, 0.29) is 5.91 Å². The molecule has 0 aliphatic heterocycles. The number of hydrogen-bond acceptors (Lipinski definition) is 2. The molecular weight excluding hydrogens is 340 g/mol. The summed E-state index contributed by atoms with van der Waals surface area (Å²) in [6, 6.07) is 12.7. The molecule has 0 atom stereocenters. The standard InChI is InChI=1S/C15H14BrClN2O/c16-13-9-11(5-6-14(13)17)19-15(20)12-4-2-1-3-10(12)7-8-18/h1-6,9H,7-8,18H2,(H,19,20). The van der Waals surface area contributed by atoms with Crippen LogP contribution in [0.3, 0.4) is 0 Å². The number of carbonyl (C=O) groups is 1. The van der Waals surface area contributed by atoms with Crippen LogP contribution in [0.2, 0.25) is 5.02 Å². The smallest absolute Gasteiger partial charge is 0.255 e. The van der Waals surface area contributed by atoms with Crippen molar-refractivity contribution in [2.75, 3.05) is 11.9 Å². The first-order valence-electron chi connectivity index (χ1n) is 6.16. The maximum absolute atomic E-state index is 12.3. The average Bonchev–Trinajstić information content (AvgIpc) is 2.44. The van der Waals surface area contributed by atoms with Crippen molar-refractivity contribution in [3.8, 4) is 0 Å². The Bertz CT molecular complexity index is 631. The van der Waals surface area contributed by atoms with Gasteiger partial charge in [-0.25, -0.2) is 0 Å². The number of nitrogens with two attached hydrogens (primary N) is 1. The molecule has 0 aromatic heterocycles. The van der Waals surface area contributed by atoms with Gasteiger partial charge in [-0.15, -0.1) is 0 Å². The molecule has 0 radical (unpaired) electrons. The summed E-state index contributed by atoms with van der Waals surface area (Å²) in [4.78, 5) is 12.3. The Labute approximate surface area is 131 Å². The molecule has 2 rings (SSSR count). The third-order valence-electron chi connectivity index (χ3n) is 2.85. The normalized spacial score (nSPS) is 10.3. The second kappa shape index (κ2) is 6.88. The van der Waals surface area contributed by atoms with Gasteiger partial charge in [0.15, 0.2) is 0 Å². The fraction of sp³-hybridized carbons (Fsp3) is 0.133. The molecule has 3 nitrogen and oxygen atoms in total. The number of halogens is 2. The molecular formula is C15H14BrClN2O. The fourth-order valence-electron chi connectivity index (χ4n) is 1.89. The van der Waals surface area contributed by atoms with Gasteiger partial charge >= 0.3 is 0 Å². The summed E-state index contributed by atoms with van der Waals surface area (Å²) in [6.45, 7) is 0.511. The molecule has 0 aliphatic carbocycles. The van der Waals surface area contributed by atoms with Crippen LogP contribution in [0, 0.1) is 0 Å². The van der Waals surface area contributed by atoms with Gasteiger partial charge in [0.25, 0.3) is 5.91 Å². The van der Waals surface area contributed by atoms with Crippen LogP contribution in [0.1, 0.15) is 15.9 Å². The van der Waals surface area contributed by atoms with Crippen molar-refractivity contribution in [1.82, 2.24) is 0 Å². The Morgan fingerprint density at radius 2 is 2.00 bits per heavy atom. The minimum Gasteiger partial charge on any atom is -0.330 e. The number of hydrogen-bond donors (Lipinski definition) is 2. The predicted octanol–water partition coefficient (Wildman–Crippen LogP) is 3.86. The molecule has 0 heterocycles. The lowest BCUT2D eigenvalue weighted by atomic mass is 10.0. The average molecular weight is 354 g/mol. The number of rotatable bonds is 4. The monoisotopic (exact) mass is 352 g/mol. The van der Waals surface area contributed by atoms with Gasteiger partial charge in [0.2, 0.25) is 0 Å². The minimum absolute atomic E-state index is 0.150. The molecule has 3 N–H and O–H groups in total. The van der Waals surface area contributed by atoms with Crippen molar-refractivity contribution >= 4 is 39.1 Å². The van der Waals surface area contributed by atoms with Gasteiger partial charge in [-0.3, -0.25) is 4.79 Å². The van der Waals surface area contributed by atoms with Crippen molar-refractivity contribution in [3.05, 3.63) is 63.1 Å². The molecule has 0 aliphatic rings. The van der Waals surface area contributed by atoms with E-state index >= 15 is 0 Å². The number of anilines is 1. The molecule has 20 heavy (non-hydrogen) atoms. The lowest BCUT2D eigenvalue weighted by Gasteiger charge is -2.10. The van der Waals surface area contributed by atoms with Gasteiger partial charge in [-0.2, -0.15) is 0 Å². The highest BCUT2D eigenvalue weighted by molar-refractivity contribution is 9.10. The quantitative estimate of drug-likeness (QED) is 0.877. The van der Waals surface area contributed by atoms with E-state index in [9.17, 15) is 4.79 Å². The Hall–Kier alpha value is -1.36. The Morgan fingerprint density at radius 1 is 1.25 bits per heavy atom. The van der Waals surface area contributed by atoms with Crippen molar-refractivity contribution in [2.24, 2.45) is 5.73 Å². The topological polar surface area (TPSA) is 55.1 Å². The number of nitrogens with one attached hydrogen (secondary N) is 1. The van der Waals surface area contributed by atoms with Gasteiger partial charge in [0.05, 0.1) is 5.02 Å². The highest BCUT2D eigenvalue weighted by Crippen LogP contribution is 2.26. The van der Waals surface area contributed by atoms with Crippen molar-refractivity contribution in [1.29, 1.82) is 0 Å². The van der Waals surface area contributed by atoms with Gasteiger partial charge in [0.1, 0.15) is 0 Å². The zero-order valence-electron chi connectivity index (χ0n) is 10.7. The largest absolute Gasteiger partial charge is 0.330 e. The van der Waals surface area contributed by atoms with Gasteiger partial charge in [-0.1, -0.05) is 29.8 Å². The van der Waals surface area contributed by atoms with E-state index in [4.69, 9.17) is 17.3 Å². The van der Waals surface area contributed by atoms with E-state index in [0.29, 0.717) is 29.2 Å². The first-order chi connectivity index (χ1) is 9.61. The first kappa shape index (κ1) is 15.0. The SMILES string of the molecule is NCCc1ccccc1C(=O)Nc1ccc(Cl)c(Br)c1.